The van der Waals surface area contributed by atoms with Crippen LogP contribution in [0, 0.1) is 0 Å². The van der Waals surface area contributed by atoms with E-state index in [-0.39, 0.29) is 18.5 Å². The summed E-state index contributed by atoms with van der Waals surface area (Å²) in [6.07, 6.45) is 45.1. The van der Waals surface area contributed by atoms with Crippen LogP contribution >= 0.6 is 0 Å². The molecule has 1 aliphatic heterocycles. The van der Waals surface area contributed by atoms with E-state index in [1.54, 1.807) is 6.08 Å². The zero-order valence-electron chi connectivity index (χ0n) is 42.9. The molecule has 1 aliphatic rings. The van der Waals surface area contributed by atoms with Gasteiger partial charge in [-0.3, -0.25) is 9.59 Å². The highest BCUT2D eigenvalue weighted by Gasteiger charge is 2.44. The molecule has 67 heavy (non-hydrogen) atoms. The molecule has 7 atom stereocenters. The normalized spacial score (nSPS) is 19.8. The highest BCUT2D eigenvalue weighted by atomic mass is 16.7. The van der Waals surface area contributed by atoms with Crippen molar-refractivity contribution in [2.24, 2.45) is 0 Å². The fraction of sp³-hybridized carbons (Fsp3) is 0.857. The van der Waals surface area contributed by atoms with Gasteiger partial charge in [0.25, 0.3) is 0 Å². The molecule has 0 spiro atoms. The molecule has 0 saturated carbocycles. The number of esters is 1. The molecule has 0 radical (unpaired) electrons. The number of unbranched alkanes of at least 4 members (excludes halogenated alkanes) is 29. The summed E-state index contributed by atoms with van der Waals surface area (Å²) < 4.78 is 16.7. The molecule has 6 N–H and O–H groups in total. The first-order valence-electron chi connectivity index (χ1n) is 27.8. The van der Waals surface area contributed by atoms with E-state index in [1.807, 2.05) is 6.08 Å². The molecule has 0 aromatic heterocycles. The Balaban J connectivity index is 2.07. The molecule has 1 rings (SSSR count). The van der Waals surface area contributed by atoms with Gasteiger partial charge >= 0.3 is 5.97 Å². The summed E-state index contributed by atoms with van der Waals surface area (Å²) in [7, 11) is 0. The molecule has 0 aliphatic carbocycles. The second kappa shape index (κ2) is 46.3. The number of aliphatic hydroxyl groups excluding tert-OH is 5. The van der Waals surface area contributed by atoms with Gasteiger partial charge in [0.1, 0.15) is 24.4 Å². The van der Waals surface area contributed by atoms with Crippen molar-refractivity contribution in [2.45, 2.75) is 288 Å². The maximum absolute atomic E-state index is 13.0. The number of nitrogens with one attached hydrogen (secondary N) is 1. The van der Waals surface area contributed by atoms with Crippen molar-refractivity contribution >= 4 is 11.9 Å². The highest BCUT2D eigenvalue weighted by molar-refractivity contribution is 5.76. The summed E-state index contributed by atoms with van der Waals surface area (Å²) in [6.45, 7) is 4.23. The Labute approximate surface area is 409 Å². The molecular formula is C56H103NO10. The fourth-order valence-corrected chi connectivity index (χ4v) is 8.52. The minimum atomic E-state index is -1.58. The molecule has 1 saturated heterocycles. The van der Waals surface area contributed by atoms with E-state index < -0.39 is 49.5 Å². The third kappa shape index (κ3) is 36.5. The second-order valence-corrected chi connectivity index (χ2v) is 19.3. The van der Waals surface area contributed by atoms with Gasteiger partial charge in [0.2, 0.25) is 5.91 Å². The van der Waals surface area contributed by atoms with Gasteiger partial charge in [-0.15, -0.1) is 0 Å². The van der Waals surface area contributed by atoms with Crippen LogP contribution in [0.1, 0.15) is 245 Å². The van der Waals surface area contributed by atoms with Crippen LogP contribution in [0.15, 0.2) is 36.5 Å². The zero-order chi connectivity index (χ0) is 48.8. The number of allylic oxidation sites excluding steroid dienone is 5. The number of aliphatic hydroxyl groups is 5. The average molecular weight is 950 g/mol. The lowest BCUT2D eigenvalue weighted by molar-refractivity contribution is -0.302. The van der Waals surface area contributed by atoms with Gasteiger partial charge in [0.05, 0.1) is 32.0 Å². The fourth-order valence-electron chi connectivity index (χ4n) is 8.52. The van der Waals surface area contributed by atoms with Crippen molar-refractivity contribution in [3.63, 3.8) is 0 Å². The lowest BCUT2D eigenvalue weighted by Gasteiger charge is -2.40. The number of carbonyl (C=O) groups excluding carboxylic acids is 2. The van der Waals surface area contributed by atoms with Crippen molar-refractivity contribution in [3.8, 4) is 0 Å². The van der Waals surface area contributed by atoms with Gasteiger partial charge in [0.15, 0.2) is 6.29 Å². The quantitative estimate of drug-likeness (QED) is 0.0196. The molecule has 1 amide bonds. The molecule has 0 bridgehead atoms. The highest BCUT2D eigenvalue weighted by Crippen LogP contribution is 2.23. The molecule has 7 unspecified atom stereocenters. The predicted molar refractivity (Wildman–Crippen MR) is 274 cm³/mol. The van der Waals surface area contributed by atoms with Crippen LogP contribution in [0.2, 0.25) is 0 Å². The first-order chi connectivity index (χ1) is 32.7. The largest absolute Gasteiger partial charge is 0.466 e. The Morgan fingerprint density at radius 2 is 1.00 bits per heavy atom. The van der Waals surface area contributed by atoms with Crippen LogP contribution in [-0.4, -0.2) is 100 Å². The summed E-state index contributed by atoms with van der Waals surface area (Å²) >= 11 is 0. The van der Waals surface area contributed by atoms with Gasteiger partial charge in [0, 0.05) is 12.8 Å². The number of hydrogen-bond acceptors (Lipinski definition) is 10. The Kier molecular flexibility index (Phi) is 43.4. The number of carbonyl (C=O) groups is 2. The summed E-state index contributed by atoms with van der Waals surface area (Å²) in [6, 6.07) is -0.819. The lowest BCUT2D eigenvalue weighted by Crippen LogP contribution is -2.60. The van der Waals surface area contributed by atoms with Crippen molar-refractivity contribution < 1.29 is 49.3 Å². The molecule has 0 aromatic carbocycles. The Bertz CT molecular complexity index is 1210. The molecule has 392 valence electrons. The van der Waals surface area contributed by atoms with Crippen LogP contribution in [0.4, 0.5) is 0 Å². The molecule has 1 fully saturated rings. The van der Waals surface area contributed by atoms with Crippen molar-refractivity contribution in [1.82, 2.24) is 5.32 Å². The van der Waals surface area contributed by atoms with E-state index in [0.717, 1.165) is 77.0 Å². The second-order valence-electron chi connectivity index (χ2n) is 19.3. The van der Waals surface area contributed by atoms with Gasteiger partial charge in [-0.1, -0.05) is 204 Å². The number of ether oxygens (including phenoxy) is 3. The molecule has 0 aromatic rings. The molecule has 11 nitrogen and oxygen atoms in total. The Morgan fingerprint density at radius 1 is 0.552 bits per heavy atom. The number of rotatable bonds is 47. The van der Waals surface area contributed by atoms with Gasteiger partial charge in [-0.05, 0) is 64.2 Å². The van der Waals surface area contributed by atoms with E-state index in [4.69, 9.17) is 14.2 Å². The third-order valence-electron chi connectivity index (χ3n) is 13.0. The van der Waals surface area contributed by atoms with E-state index in [0.29, 0.717) is 19.4 Å². The van der Waals surface area contributed by atoms with E-state index in [1.165, 1.54) is 141 Å². The van der Waals surface area contributed by atoms with Crippen LogP contribution in [-0.2, 0) is 23.8 Å². The molecule has 11 heteroatoms. The average Bonchev–Trinajstić information content (AvgIpc) is 3.32. The van der Waals surface area contributed by atoms with Crippen LogP contribution in [0.25, 0.3) is 0 Å². The first-order valence-corrected chi connectivity index (χ1v) is 27.8. The Morgan fingerprint density at radius 3 is 1.54 bits per heavy atom. The van der Waals surface area contributed by atoms with Gasteiger partial charge in [-0.25, -0.2) is 0 Å². The molecular weight excluding hydrogens is 847 g/mol. The summed E-state index contributed by atoms with van der Waals surface area (Å²) in [5.74, 6) is -0.234. The minimum Gasteiger partial charge on any atom is -0.466 e. The predicted octanol–water partition coefficient (Wildman–Crippen LogP) is 11.9. The van der Waals surface area contributed by atoms with Crippen molar-refractivity contribution in [3.05, 3.63) is 36.5 Å². The smallest absolute Gasteiger partial charge is 0.305 e. The number of hydrogen-bond donors (Lipinski definition) is 6. The van der Waals surface area contributed by atoms with E-state index >= 15 is 0 Å². The van der Waals surface area contributed by atoms with Crippen molar-refractivity contribution in [1.29, 1.82) is 0 Å². The van der Waals surface area contributed by atoms with Gasteiger partial charge in [-0.2, -0.15) is 0 Å². The topological polar surface area (TPSA) is 175 Å². The summed E-state index contributed by atoms with van der Waals surface area (Å²) in [5.41, 5.74) is 0. The summed E-state index contributed by atoms with van der Waals surface area (Å²) in [5, 5.41) is 54.1. The number of amides is 1. The van der Waals surface area contributed by atoms with Crippen LogP contribution < -0.4 is 5.32 Å². The van der Waals surface area contributed by atoms with E-state index in [2.05, 4.69) is 43.5 Å². The monoisotopic (exact) mass is 950 g/mol. The van der Waals surface area contributed by atoms with Crippen molar-refractivity contribution in [2.75, 3.05) is 19.8 Å². The molecule has 1 heterocycles. The SMILES string of the molecule is CCCCC/C=C\C/C=C\CCCCCCCCCC(=O)OCCCCCCCCCCCCCCCC(=O)NC(COC1OC(CO)C(O)C(O)C1O)C(O)/C=C/CCCCCCCCC. The third-order valence-corrected chi connectivity index (χ3v) is 13.0. The Hall–Kier alpha value is -2.12. The lowest BCUT2D eigenvalue weighted by atomic mass is 9.99. The minimum absolute atomic E-state index is 0.0361. The van der Waals surface area contributed by atoms with Crippen LogP contribution in [0.3, 0.4) is 0 Å². The van der Waals surface area contributed by atoms with Crippen LogP contribution in [0.5, 0.6) is 0 Å². The summed E-state index contributed by atoms with van der Waals surface area (Å²) in [4.78, 5) is 25.1. The van der Waals surface area contributed by atoms with E-state index in [9.17, 15) is 35.1 Å². The first kappa shape index (κ1) is 62.9. The van der Waals surface area contributed by atoms with Gasteiger partial charge < -0.3 is 45.1 Å². The maximum atomic E-state index is 13.0. The standard InChI is InChI=1S/C56H103NO10/c1-3-5-7-9-11-13-14-15-16-17-18-21-24-28-32-36-40-44-52(61)65-45-41-37-33-29-25-22-19-20-23-27-31-35-39-43-51(60)57-48(49(59)42-38-34-30-26-12-10-8-6-4-2)47-66-56-55(64)54(63)53(62)50(46-58)67-56/h11,13,15-16,38,42,48-50,53-56,58-59,62-64H,3-10,12,14,17-37,39-41,43-47H2,1-2H3,(H,57,60)/b13-11-,16-15-,42-38+. The maximum Gasteiger partial charge on any atom is 0.305 e. The zero-order valence-corrected chi connectivity index (χ0v) is 42.9.